The molecule has 1 fully saturated rings. The van der Waals surface area contributed by atoms with Gasteiger partial charge in [-0.15, -0.1) is 0 Å². The maximum atomic E-state index is 5.54. The van der Waals surface area contributed by atoms with Crippen LogP contribution in [0.2, 0.25) is 0 Å². The minimum Gasteiger partial charge on any atom is -0.353 e. The zero-order valence-corrected chi connectivity index (χ0v) is 12.6. The highest BCUT2D eigenvalue weighted by Crippen LogP contribution is 2.13. The number of ether oxygens (including phenoxy) is 2. The molecular weight excluding hydrogens is 259 g/mol. The summed E-state index contributed by atoms with van der Waals surface area (Å²) in [6.07, 6.45) is 9.53. The molecule has 1 aliphatic heterocycles. The first kappa shape index (κ1) is 17.0. The Morgan fingerprint density at radius 3 is 2.69 bits per heavy atom. The Bertz CT molecular complexity index is 162. The van der Waals surface area contributed by atoms with Gasteiger partial charge in [0.05, 0.1) is 6.61 Å². The molecule has 0 saturated carbocycles. The van der Waals surface area contributed by atoms with Crippen LogP contribution in [0.1, 0.15) is 32.1 Å². The van der Waals surface area contributed by atoms with Crippen LogP contribution in [0.15, 0.2) is 12.2 Å². The minimum absolute atomic E-state index is 0.0573. The van der Waals surface area contributed by atoms with Crippen molar-refractivity contribution in [2.75, 3.05) is 13.2 Å². The molecule has 0 aromatic rings. The summed E-state index contributed by atoms with van der Waals surface area (Å²) in [5.41, 5.74) is 0. The third-order valence-corrected chi connectivity index (χ3v) is 2.06. The van der Waals surface area contributed by atoms with Gasteiger partial charge in [-0.3, -0.25) is 0 Å². The molecule has 0 aromatic heterocycles. The third kappa shape index (κ3) is 11.5. The molecule has 1 aliphatic rings. The first-order valence-corrected chi connectivity index (χ1v) is 9.92. The van der Waals surface area contributed by atoms with Gasteiger partial charge in [0.15, 0.2) is 6.29 Å². The zero-order chi connectivity index (χ0) is 12.1. The Morgan fingerprint density at radius 2 is 2.12 bits per heavy atom. The number of allylic oxidation sites excluding steroid dienone is 1. The van der Waals surface area contributed by atoms with Crippen molar-refractivity contribution in [2.24, 2.45) is 0 Å². The number of halogens is 2. The van der Waals surface area contributed by atoms with Crippen molar-refractivity contribution < 1.29 is 9.47 Å². The summed E-state index contributed by atoms with van der Waals surface area (Å²) >= 11 is -0.639. The van der Waals surface area contributed by atoms with E-state index in [1.165, 1.54) is 12.8 Å². The average Bonchev–Trinajstić information content (AvgIpc) is 2.31. The van der Waals surface area contributed by atoms with E-state index in [9.17, 15) is 0 Å². The molecule has 0 spiro atoms. The Balaban J connectivity index is 0.000000673. The normalized spacial score (nSPS) is 20.1. The lowest BCUT2D eigenvalue weighted by atomic mass is 10.2. The number of hydrogen-bond donors (Lipinski definition) is 0. The van der Waals surface area contributed by atoms with Gasteiger partial charge in [0, 0.05) is 6.61 Å². The summed E-state index contributed by atoms with van der Waals surface area (Å²) in [7, 11) is 9.81. The largest absolute Gasteiger partial charge is 0.618 e. The lowest BCUT2D eigenvalue weighted by molar-refractivity contribution is -0.161. The van der Waals surface area contributed by atoms with Gasteiger partial charge in [-0.1, -0.05) is 12.2 Å². The van der Waals surface area contributed by atoms with Crippen molar-refractivity contribution in [3.63, 3.8) is 0 Å². The van der Waals surface area contributed by atoms with Gasteiger partial charge in [-0.25, -0.2) is 0 Å². The lowest BCUT2D eigenvalue weighted by Crippen LogP contribution is -2.22. The van der Waals surface area contributed by atoms with Crippen molar-refractivity contribution in [2.45, 2.75) is 38.4 Å². The van der Waals surface area contributed by atoms with Crippen LogP contribution in [0.3, 0.4) is 0 Å². The van der Waals surface area contributed by atoms with E-state index in [1.54, 1.807) is 0 Å². The van der Waals surface area contributed by atoms with Crippen molar-refractivity contribution in [1.29, 1.82) is 0 Å². The summed E-state index contributed by atoms with van der Waals surface area (Å²) in [4.78, 5) is 0. The highest BCUT2D eigenvalue weighted by molar-refractivity contribution is 7.22. The molecule has 1 heterocycles. The second-order valence-electron chi connectivity index (χ2n) is 3.32. The summed E-state index contributed by atoms with van der Waals surface area (Å²) in [6, 6.07) is 0. The average molecular weight is 278 g/mol. The van der Waals surface area contributed by atoms with Crippen molar-refractivity contribution in [3.8, 4) is 0 Å². The molecule has 0 N–H and O–H groups in total. The van der Waals surface area contributed by atoms with Gasteiger partial charge in [-0.2, -0.15) is 0 Å². The van der Waals surface area contributed by atoms with Crippen LogP contribution in [-0.4, -0.2) is 37.7 Å². The van der Waals surface area contributed by atoms with E-state index in [-0.39, 0.29) is 6.29 Å². The van der Waals surface area contributed by atoms with Crippen LogP contribution in [0.25, 0.3) is 0 Å². The molecule has 1 saturated heterocycles. The van der Waals surface area contributed by atoms with E-state index >= 15 is 0 Å². The predicted molar refractivity (Wildman–Crippen MR) is 70.7 cm³/mol. The molecule has 91 valence electrons. The Labute approximate surface area is 116 Å². The van der Waals surface area contributed by atoms with Crippen molar-refractivity contribution in [1.82, 2.24) is 0 Å². The van der Waals surface area contributed by atoms with Crippen LogP contribution in [-0.2, 0) is 9.47 Å². The molecule has 2 nitrogen and oxygen atoms in total. The van der Waals surface area contributed by atoms with Crippen LogP contribution in [0.5, 0.6) is 0 Å². The van der Waals surface area contributed by atoms with Gasteiger partial charge in [0.1, 0.15) is 0 Å². The maximum absolute atomic E-state index is 5.54. The lowest BCUT2D eigenvalue weighted by Gasteiger charge is -2.22. The van der Waals surface area contributed by atoms with Crippen LogP contribution >= 0.6 is 18.1 Å². The Hall–Kier alpha value is 1.01. The molecule has 16 heavy (non-hydrogen) atoms. The first-order chi connectivity index (χ1) is 7.85. The van der Waals surface area contributed by atoms with E-state index < -0.39 is 18.2 Å². The predicted octanol–water partition coefficient (Wildman–Crippen LogP) is 3.70. The third-order valence-electron chi connectivity index (χ3n) is 2.06. The van der Waals surface area contributed by atoms with Gasteiger partial charge in [0.2, 0.25) is 0 Å². The standard InChI is InChI=1S/C11H19O2.2ClH.Mg/c1-2-3-4-6-9-12-11-8-5-7-10-13-11;;;/h3-4,11H,1-2,5-10H2;2*1H;/q;;;+2/p-2/b4-3-;;;. The minimum atomic E-state index is -0.639. The van der Waals surface area contributed by atoms with E-state index in [2.05, 4.69) is 19.1 Å². The van der Waals surface area contributed by atoms with E-state index in [0.717, 1.165) is 32.5 Å². The van der Waals surface area contributed by atoms with Gasteiger partial charge in [0.25, 0.3) is 0 Å². The van der Waals surface area contributed by atoms with Gasteiger partial charge >= 0.3 is 18.2 Å². The molecule has 1 atom stereocenters. The topological polar surface area (TPSA) is 18.5 Å². The second kappa shape index (κ2) is 14.1. The number of rotatable bonds is 5. The molecule has 0 aliphatic carbocycles. The molecular formula is C11H19Cl2MgO2. The quantitative estimate of drug-likeness (QED) is 0.434. The van der Waals surface area contributed by atoms with Gasteiger partial charge in [-0.05, 0) is 39.0 Å². The summed E-state index contributed by atoms with van der Waals surface area (Å²) in [5.74, 6) is 0. The SMILES string of the molecule is [CH2]C/C=C\CCOC1CCCCO1.[Cl][Mg][Cl]. The smallest absolute Gasteiger partial charge is 0.353 e. The summed E-state index contributed by atoms with van der Waals surface area (Å²) < 4.78 is 11.0. The van der Waals surface area contributed by atoms with Crippen LogP contribution < -0.4 is 0 Å². The Kier molecular flexibility index (Phi) is 15.0. The van der Waals surface area contributed by atoms with E-state index in [0.29, 0.717) is 0 Å². The molecule has 0 bridgehead atoms. The monoisotopic (exact) mass is 277 g/mol. The highest BCUT2D eigenvalue weighted by atomic mass is 35.6. The molecule has 1 radical (unpaired) electrons. The van der Waals surface area contributed by atoms with Crippen molar-refractivity contribution >= 4 is 36.3 Å². The second-order valence-corrected chi connectivity index (χ2v) is 5.94. The zero-order valence-electron chi connectivity index (χ0n) is 9.67. The fraction of sp³-hybridized carbons (Fsp3) is 0.727. The fourth-order valence-corrected chi connectivity index (χ4v) is 1.35. The van der Waals surface area contributed by atoms with E-state index in [1.807, 2.05) is 0 Å². The highest BCUT2D eigenvalue weighted by Gasteiger charge is 2.12. The molecule has 0 aromatic carbocycles. The number of hydrogen-bond acceptors (Lipinski definition) is 2. The summed E-state index contributed by atoms with van der Waals surface area (Å²) in [5, 5.41) is 0. The van der Waals surface area contributed by atoms with E-state index in [4.69, 9.17) is 27.6 Å². The molecule has 5 heteroatoms. The first-order valence-electron chi connectivity index (χ1n) is 5.64. The summed E-state index contributed by atoms with van der Waals surface area (Å²) in [6.45, 7) is 5.35. The van der Waals surface area contributed by atoms with Gasteiger partial charge < -0.3 is 27.6 Å². The molecule has 1 rings (SSSR count). The fourth-order valence-electron chi connectivity index (χ4n) is 1.35. The van der Waals surface area contributed by atoms with Crippen LogP contribution in [0.4, 0.5) is 0 Å². The Morgan fingerprint density at radius 1 is 1.38 bits per heavy atom. The maximum Gasteiger partial charge on any atom is 0.618 e. The molecule has 1 unspecified atom stereocenters. The van der Waals surface area contributed by atoms with Crippen LogP contribution in [0, 0.1) is 6.92 Å². The van der Waals surface area contributed by atoms with Crippen molar-refractivity contribution in [3.05, 3.63) is 19.1 Å². The molecule has 0 amide bonds.